The standard InChI is InChI=1S/C17H23O6P/c1-17(2)11-22-24(19,23-12-17)10-14(16(18)21-4)9-13-5-7-15(20-3)8-6-13/h5-9H,10-12H2,1-4H3/b14-9+. The van der Waals surface area contributed by atoms with Gasteiger partial charge < -0.3 is 18.5 Å². The van der Waals surface area contributed by atoms with Crippen molar-refractivity contribution < 1.29 is 27.9 Å². The molecule has 1 aromatic carbocycles. The zero-order valence-electron chi connectivity index (χ0n) is 14.4. The molecule has 0 spiro atoms. The molecule has 0 amide bonds. The largest absolute Gasteiger partial charge is 0.497 e. The minimum Gasteiger partial charge on any atom is -0.497 e. The maximum absolute atomic E-state index is 12.7. The Morgan fingerprint density at radius 3 is 2.29 bits per heavy atom. The van der Waals surface area contributed by atoms with Crippen LogP contribution in [0.5, 0.6) is 5.75 Å². The summed E-state index contributed by atoms with van der Waals surface area (Å²) in [6.07, 6.45) is 1.50. The van der Waals surface area contributed by atoms with Gasteiger partial charge in [-0.3, -0.25) is 4.57 Å². The molecule has 0 saturated carbocycles. The van der Waals surface area contributed by atoms with E-state index in [2.05, 4.69) is 0 Å². The number of hydrogen-bond donors (Lipinski definition) is 0. The van der Waals surface area contributed by atoms with Gasteiger partial charge in [0, 0.05) is 11.0 Å². The second kappa shape index (κ2) is 7.51. The normalized spacial score (nSPS) is 19.6. The fourth-order valence-electron chi connectivity index (χ4n) is 2.13. The summed E-state index contributed by atoms with van der Waals surface area (Å²) in [7, 11) is -0.500. The Kier molecular flexibility index (Phi) is 5.86. The van der Waals surface area contributed by atoms with E-state index in [0.717, 1.165) is 5.56 Å². The molecule has 0 bridgehead atoms. The van der Waals surface area contributed by atoms with Crippen molar-refractivity contribution in [2.24, 2.45) is 5.41 Å². The van der Waals surface area contributed by atoms with Crippen molar-refractivity contribution in [2.75, 3.05) is 33.6 Å². The molecule has 132 valence electrons. The van der Waals surface area contributed by atoms with Gasteiger partial charge in [-0.2, -0.15) is 0 Å². The molecule has 6 nitrogen and oxygen atoms in total. The van der Waals surface area contributed by atoms with Crippen LogP contribution < -0.4 is 4.74 Å². The molecule has 2 rings (SSSR count). The molecule has 0 unspecified atom stereocenters. The predicted molar refractivity (Wildman–Crippen MR) is 91.1 cm³/mol. The second-order valence-electron chi connectivity index (χ2n) is 6.41. The number of methoxy groups -OCH3 is 2. The van der Waals surface area contributed by atoms with Crippen molar-refractivity contribution in [3.63, 3.8) is 0 Å². The number of carbonyl (C=O) groups is 1. The van der Waals surface area contributed by atoms with Crippen molar-refractivity contribution >= 4 is 19.6 Å². The first-order valence-electron chi connectivity index (χ1n) is 7.58. The van der Waals surface area contributed by atoms with E-state index in [9.17, 15) is 9.36 Å². The number of carbonyl (C=O) groups excluding carboxylic acids is 1. The van der Waals surface area contributed by atoms with Crippen LogP contribution in [0, 0.1) is 5.41 Å². The van der Waals surface area contributed by atoms with Crippen LogP contribution in [0.25, 0.3) is 6.08 Å². The van der Waals surface area contributed by atoms with Gasteiger partial charge in [-0.15, -0.1) is 0 Å². The summed E-state index contributed by atoms with van der Waals surface area (Å²) < 4.78 is 33.5. The van der Waals surface area contributed by atoms with E-state index in [1.165, 1.54) is 7.11 Å². The van der Waals surface area contributed by atoms with Gasteiger partial charge in [0.15, 0.2) is 0 Å². The minimum atomic E-state index is -3.36. The highest BCUT2D eigenvalue weighted by Crippen LogP contribution is 2.54. The lowest BCUT2D eigenvalue weighted by Gasteiger charge is -2.34. The summed E-state index contributed by atoms with van der Waals surface area (Å²) in [5.74, 6) is 0.152. The van der Waals surface area contributed by atoms with E-state index in [-0.39, 0.29) is 17.2 Å². The molecule has 0 aliphatic carbocycles. The highest BCUT2D eigenvalue weighted by molar-refractivity contribution is 7.54. The monoisotopic (exact) mass is 354 g/mol. The van der Waals surface area contributed by atoms with Crippen molar-refractivity contribution in [3.05, 3.63) is 35.4 Å². The van der Waals surface area contributed by atoms with Crippen molar-refractivity contribution in [3.8, 4) is 5.75 Å². The van der Waals surface area contributed by atoms with Crippen molar-refractivity contribution in [2.45, 2.75) is 13.8 Å². The third kappa shape index (κ3) is 4.94. The molecule has 0 N–H and O–H groups in total. The molecule has 0 radical (unpaired) electrons. The smallest absolute Gasteiger partial charge is 0.335 e. The summed E-state index contributed by atoms with van der Waals surface area (Å²) in [5, 5.41) is 0. The quantitative estimate of drug-likeness (QED) is 0.458. The summed E-state index contributed by atoms with van der Waals surface area (Å²) in [6, 6.07) is 7.14. The zero-order valence-corrected chi connectivity index (χ0v) is 15.3. The topological polar surface area (TPSA) is 71.1 Å². The first kappa shape index (κ1) is 18.7. The second-order valence-corrected chi connectivity index (χ2v) is 8.47. The lowest BCUT2D eigenvalue weighted by atomic mass is 9.97. The van der Waals surface area contributed by atoms with E-state index in [0.29, 0.717) is 19.0 Å². The molecule has 0 aromatic heterocycles. The molecule has 24 heavy (non-hydrogen) atoms. The SMILES string of the molecule is COC(=O)/C(=C/c1ccc(OC)cc1)CP1(=O)OCC(C)(C)CO1. The Labute approximate surface area is 142 Å². The number of hydrogen-bond acceptors (Lipinski definition) is 6. The van der Waals surface area contributed by atoms with Gasteiger partial charge in [-0.1, -0.05) is 26.0 Å². The highest BCUT2D eigenvalue weighted by Gasteiger charge is 2.38. The lowest BCUT2D eigenvalue weighted by molar-refractivity contribution is -0.135. The third-order valence-corrected chi connectivity index (χ3v) is 5.35. The fourth-order valence-corrected chi connectivity index (χ4v) is 4.11. The van der Waals surface area contributed by atoms with E-state index in [4.69, 9.17) is 18.5 Å². The van der Waals surface area contributed by atoms with Crippen LogP contribution >= 0.6 is 7.60 Å². The molecular weight excluding hydrogens is 331 g/mol. The summed E-state index contributed by atoms with van der Waals surface area (Å²) in [4.78, 5) is 12.0. The van der Waals surface area contributed by atoms with Crippen LogP contribution in [0.4, 0.5) is 0 Å². The first-order chi connectivity index (χ1) is 11.3. The average Bonchev–Trinajstić information content (AvgIpc) is 2.57. The van der Waals surface area contributed by atoms with E-state index >= 15 is 0 Å². The van der Waals surface area contributed by atoms with Crippen LogP contribution in [0.3, 0.4) is 0 Å². The fraction of sp³-hybridized carbons (Fsp3) is 0.471. The van der Waals surface area contributed by atoms with Gasteiger partial charge in [-0.05, 0) is 23.8 Å². The van der Waals surface area contributed by atoms with E-state index < -0.39 is 13.6 Å². The molecule has 1 fully saturated rings. The lowest BCUT2D eigenvalue weighted by Crippen LogP contribution is -2.30. The predicted octanol–water partition coefficient (Wildman–Crippen LogP) is 3.52. The highest BCUT2D eigenvalue weighted by atomic mass is 31.2. The summed E-state index contributed by atoms with van der Waals surface area (Å²) in [6.45, 7) is 4.57. The van der Waals surface area contributed by atoms with Crippen molar-refractivity contribution in [1.82, 2.24) is 0 Å². The van der Waals surface area contributed by atoms with Crippen LogP contribution in [0.15, 0.2) is 29.8 Å². The Morgan fingerprint density at radius 1 is 1.21 bits per heavy atom. The summed E-state index contributed by atoms with van der Waals surface area (Å²) in [5.41, 5.74) is 0.810. The Balaban J connectivity index is 2.21. The van der Waals surface area contributed by atoms with Gasteiger partial charge in [0.25, 0.3) is 0 Å². The molecule has 1 heterocycles. The average molecular weight is 354 g/mol. The van der Waals surface area contributed by atoms with Gasteiger partial charge in [0.05, 0.1) is 33.6 Å². The van der Waals surface area contributed by atoms with Crippen LogP contribution in [-0.4, -0.2) is 39.6 Å². The zero-order chi connectivity index (χ0) is 17.8. The molecule has 7 heteroatoms. The number of benzene rings is 1. The maximum atomic E-state index is 12.7. The molecule has 0 atom stereocenters. The minimum absolute atomic E-state index is 0.123. The number of esters is 1. The first-order valence-corrected chi connectivity index (χ1v) is 9.31. The summed E-state index contributed by atoms with van der Waals surface area (Å²) >= 11 is 0. The maximum Gasteiger partial charge on any atom is 0.335 e. The van der Waals surface area contributed by atoms with E-state index in [1.807, 2.05) is 13.8 Å². The Hall–Kier alpha value is -1.62. The van der Waals surface area contributed by atoms with Gasteiger partial charge in [0.2, 0.25) is 0 Å². The molecular formula is C17H23O6P. The molecule has 1 aliphatic rings. The molecule has 1 aliphatic heterocycles. The van der Waals surface area contributed by atoms with Crippen LogP contribution in [0.1, 0.15) is 19.4 Å². The Bertz CT molecular complexity index is 648. The van der Waals surface area contributed by atoms with Gasteiger partial charge in [0.1, 0.15) is 5.75 Å². The van der Waals surface area contributed by atoms with Crippen LogP contribution in [-0.2, 0) is 23.1 Å². The molecule has 1 aromatic rings. The van der Waals surface area contributed by atoms with Gasteiger partial charge >= 0.3 is 13.6 Å². The third-order valence-electron chi connectivity index (χ3n) is 3.57. The number of ether oxygens (including phenoxy) is 2. The molecule has 1 saturated heterocycles. The number of rotatable bonds is 5. The van der Waals surface area contributed by atoms with E-state index in [1.54, 1.807) is 37.5 Å². The van der Waals surface area contributed by atoms with Crippen molar-refractivity contribution in [1.29, 1.82) is 0 Å². The van der Waals surface area contributed by atoms with Gasteiger partial charge in [-0.25, -0.2) is 4.79 Å². The van der Waals surface area contributed by atoms with Crippen LogP contribution in [0.2, 0.25) is 0 Å². The Morgan fingerprint density at radius 2 is 1.79 bits per heavy atom.